The summed E-state index contributed by atoms with van der Waals surface area (Å²) in [4.78, 5) is 22.3. The van der Waals surface area contributed by atoms with Crippen molar-refractivity contribution in [3.63, 3.8) is 0 Å². The van der Waals surface area contributed by atoms with Gasteiger partial charge in [0.15, 0.2) is 0 Å². The van der Waals surface area contributed by atoms with Gasteiger partial charge in [0.2, 0.25) is 6.41 Å². The molecule has 32 heavy (non-hydrogen) atoms. The molecule has 0 fully saturated rings. The van der Waals surface area contributed by atoms with E-state index in [9.17, 15) is 15.0 Å². The second-order valence-corrected chi connectivity index (χ2v) is 9.13. The van der Waals surface area contributed by atoms with Gasteiger partial charge in [-0.25, -0.2) is 9.97 Å². The average Bonchev–Trinajstić information content (AvgIpc) is 2.78. The fraction of sp³-hybridized carbons (Fsp3) is 0.217. The number of anilines is 1. The molecule has 1 amide bonds. The van der Waals surface area contributed by atoms with Crippen LogP contribution in [0.4, 0.5) is 5.82 Å². The summed E-state index contributed by atoms with van der Waals surface area (Å²) in [6.07, 6.45) is 2.60. The number of aliphatic hydroxyl groups excluding tert-OH is 2. The molecule has 1 heterocycles. The molecule has 0 atom stereocenters. The highest BCUT2D eigenvalue weighted by atomic mass is 79.9. The second-order valence-electron chi connectivity index (χ2n) is 7.15. The maximum absolute atomic E-state index is 11.9. The zero-order valence-electron chi connectivity index (χ0n) is 17.8. The van der Waals surface area contributed by atoms with E-state index in [0.717, 1.165) is 15.2 Å². The Labute approximate surface area is 198 Å². The highest BCUT2D eigenvalue weighted by molar-refractivity contribution is 9.10. The summed E-state index contributed by atoms with van der Waals surface area (Å²) in [5.41, 5.74) is 7.87. The molecule has 3 rings (SSSR count). The van der Waals surface area contributed by atoms with Gasteiger partial charge in [-0.1, -0.05) is 36.4 Å². The zero-order valence-corrected chi connectivity index (χ0v) is 20.3. The number of benzene rings is 2. The normalized spacial score (nSPS) is 12.8. The minimum absolute atomic E-state index is 0.117. The Balaban J connectivity index is 2.00. The van der Waals surface area contributed by atoms with Crippen LogP contribution in [0.15, 0.2) is 57.7 Å². The van der Waals surface area contributed by atoms with Crippen LogP contribution in [-0.4, -0.2) is 43.1 Å². The predicted molar refractivity (Wildman–Crippen MR) is 135 cm³/mol. The molecule has 168 valence electrons. The number of amides is 1. The number of nitrogens with zero attached hydrogens (tertiary/aromatic N) is 3. The molecule has 1 aromatic heterocycles. The Bertz CT molecular complexity index is 1210. The Morgan fingerprint density at radius 3 is 2.72 bits per heavy atom. The fourth-order valence-electron chi connectivity index (χ4n) is 3.24. The largest absolute Gasteiger partial charge is 0.396 e. The summed E-state index contributed by atoms with van der Waals surface area (Å²) in [6.45, 7) is 3.59. The van der Waals surface area contributed by atoms with E-state index in [1.54, 1.807) is 20.0 Å². The number of rotatable bonds is 8. The van der Waals surface area contributed by atoms with Crippen LogP contribution in [0.25, 0.3) is 10.8 Å². The number of thiol groups is 1. The van der Waals surface area contributed by atoms with Crippen LogP contribution in [0.5, 0.6) is 0 Å². The summed E-state index contributed by atoms with van der Waals surface area (Å²) in [5.74, 6) is 0.865. The van der Waals surface area contributed by atoms with Gasteiger partial charge in [-0.15, -0.1) is 11.4 Å². The smallest absolute Gasteiger partial charge is 0.214 e. The number of aliphatic hydroxyl groups is 2. The number of hydrogen-bond acceptors (Lipinski definition) is 5. The number of nitrogens with two attached hydrogens (primary N) is 1. The van der Waals surface area contributed by atoms with Gasteiger partial charge in [0, 0.05) is 45.4 Å². The molecule has 0 aliphatic rings. The first-order valence-electron chi connectivity index (χ1n) is 9.91. The van der Waals surface area contributed by atoms with Gasteiger partial charge >= 0.3 is 0 Å². The topological polar surface area (TPSA) is 113 Å². The molecular weight excluding hydrogens is 492 g/mol. The molecular formula is C23H25BrN4O3S. The Morgan fingerprint density at radius 2 is 2.03 bits per heavy atom. The second kappa shape index (κ2) is 10.8. The number of fused-ring (bicyclic) bond motifs is 1. The number of carbonyl (C=O) groups is 1. The molecule has 0 radical (unpaired) electrons. The van der Waals surface area contributed by atoms with E-state index in [-0.39, 0.29) is 18.2 Å². The van der Waals surface area contributed by atoms with E-state index >= 15 is 0 Å². The van der Waals surface area contributed by atoms with Crippen molar-refractivity contribution in [2.45, 2.75) is 26.8 Å². The number of allylic oxidation sites excluding steroid dienone is 1. The molecule has 4 N–H and O–H groups in total. The Morgan fingerprint density at radius 1 is 1.28 bits per heavy atom. The van der Waals surface area contributed by atoms with Crippen molar-refractivity contribution in [2.75, 3.05) is 12.3 Å². The van der Waals surface area contributed by atoms with E-state index < -0.39 is 0 Å². The predicted octanol–water partition coefficient (Wildman–Crippen LogP) is 4.06. The van der Waals surface area contributed by atoms with Crippen molar-refractivity contribution in [1.82, 2.24) is 14.9 Å². The number of aryl methyl sites for hydroxylation is 1. The van der Waals surface area contributed by atoms with E-state index in [4.69, 9.17) is 5.73 Å². The first-order chi connectivity index (χ1) is 15.3. The van der Waals surface area contributed by atoms with Gasteiger partial charge in [-0.2, -0.15) is 0 Å². The van der Waals surface area contributed by atoms with E-state index in [1.807, 2.05) is 36.4 Å². The van der Waals surface area contributed by atoms with Crippen LogP contribution in [0, 0.1) is 6.92 Å². The minimum atomic E-state index is -0.117. The maximum Gasteiger partial charge on any atom is 0.214 e. The average molecular weight is 517 g/mol. The van der Waals surface area contributed by atoms with Crippen molar-refractivity contribution in [2.24, 2.45) is 0 Å². The lowest BCUT2D eigenvalue weighted by Gasteiger charge is -2.21. The molecule has 2 aromatic carbocycles. The van der Waals surface area contributed by atoms with Crippen LogP contribution >= 0.6 is 27.3 Å². The molecule has 0 unspecified atom stereocenters. The standard InChI is InChI=1S/C23H25BrN4O3S/c1-14(28(13-30)12-17-11-26-15(2)27-22(17)25)20(9-10-29)32-23(31)19-8-7-16-5-3-4-6-18(16)21(19)24/h3-8,11,13,29,31-32H,9-10,12H2,1-2H3,(H2,25,26,27)/b20-14-. The number of aromatic nitrogens is 2. The SMILES string of the molecule is C/C(=C(CCO)/[SH]=C(\O)c1ccc2ccccc2c1Br)N(C=O)Cc1cnc(C)nc1N. The molecule has 0 saturated heterocycles. The molecule has 0 spiro atoms. The van der Waals surface area contributed by atoms with Gasteiger partial charge < -0.3 is 20.8 Å². The molecule has 7 nitrogen and oxygen atoms in total. The molecule has 3 aromatic rings. The quantitative estimate of drug-likeness (QED) is 0.204. The lowest BCUT2D eigenvalue weighted by molar-refractivity contribution is -0.116. The lowest BCUT2D eigenvalue weighted by Crippen LogP contribution is -2.22. The van der Waals surface area contributed by atoms with Gasteiger partial charge in [-0.05, 0) is 40.5 Å². The molecule has 0 saturated carbocycles. The number of carbonyl (C=O) groups excluding carboxylic acids is 1. The number of halogens is 1. The van der Waals surface area contributed by atoms with Crippen molar-refractivity contribution in [3.05, 3.63) is 74.6 Å². The fourth-order valence-corrected chi connectivity index (χ4v) is 5.14. The lowest BCUT2D eigenvalue weighted by atomic mass is 10.1. The van der Waals surface area contributed by atoms with Crippen molar-refractivity contribution >= 4 is 55.3 Å². The van der Waals surface area contributed by atoms with E-state index in [1.165, 1.54) is 4.90 Å². The van der Waals surface area contributed by atoms with Crippen molar-refractivity contribution in [3.8, 4) is 0 Å². The highest BCUT2D eigenvalue weighted by Crippen LogP contribution is 2.30. The Kier molecular flexibility index (Phi) is 8.14. The summed E-state index contributed by atoms with van der Waals surface area (Å²) >= 11 is 4.10. The van der Waals surface area contributed by atoms with Gasteiger partial charge in [0.1, 0.15) is 16.7 Å². The molecule has 0 bridgehead atoms. The monoisotopic (exact) mass is 516 g/mol. The van der Waals surface area contributed by atoms with Gasteiger partial charge in [0.05, 0.1) is 6.54 Å². The van der Waals surface area contributed by atoms with Crippen molar-refractivity contribution < 1.29 is 15.0 Å². The van der Waals surface area contributed by atoms with Crippen LogP contribution in [-0.2, 0) is 11.3 Å². The van der Waals surface area contributed by atoms with Crippen LogP contribution in [0.3, 0.4) is 0 Å². The first kappa shape index (κ1) is 24.1. The number of nitrogen functional groups attached to an aromatic ring is 1. The third kappa shape index (κ3) is 5.42. The summed E-state index contributed by atoms with van der Waals surface area (Å²) < 4.78 is 0.790. The van der Waals surface area contributed by atoms with Crippen LogP contribution in [0.2, 0.25) is 0 Å². The van der Waals surface area contributed by atoms with Gasteiger partial charge in [-0.3, -0.25) is 4.79 Å². The summed E-state index contributed by atoms with van der Waals surface area (Å²) in [5, 5.41) is 22.7. The highest BCUT2D eigenvalue weighted by Gasteiger charge is 2.14. The summed E-state index contributed by atoms with van der Waals surface area (Å²) in [7, 11) is 0. The minimum Gasteiger partial charge on any atom is -0.396 e. The maximum atomic E-state index is 11.9. The van der Waals surface area contributed by atoms with E-state index in [2.05, 4.69) is 25.9 Å². The summed E-state index contributed by atoms with van der Waals surface area (Å²) in [6, 6.07) is 11.7. The third-order valence-corrected chi connectivity index (χ3v) is 7.15. The number of hydrogen-bond donors (Lipinski definition) is 4. The third-order valence-electron chi connectivity index (χ3n) is 5.03. The zero-order chi connectivity index (χ0) is 23.3. The first-order valence-corrected chi connectivity index (χ1v) is 11.6. The molecule has 0 aliphatic carbocycles. The van der Waals surface area contributed by atoms with E-state index in [0.29, 0.717) is 57.6 Å². The van der Waals surface area contributed by atoms with Crippen LogP contribution in [0.1, 0.15) is 30.3 Å². The van der Waals surface area contributed by atoms with Crippen LogP contribution < -0.4 is 5.73 Å². The Hall–Kier alpha value is -2.59. The van der Waals surface area contributed by atoms with Gasteiger partial charge in [0.25, 0.3) is 0 Å². The molecule has 0 aliphatic heterocycles. The van der Waals surface area contributed by atoms with Crippen molar-refractivity contribution in [1.29, 1.82) is 0 Å². The molecule has 9 heteroatoms.